The lowest BCUT2D eigenvalue weighted by atomic mass is 10.1. The van der Waals surface area contributed by atoms with Crippen LogP contribution in [0.2, 0.25) is 0 Å². The predicted molar refractivity (Wildman–Crippen MR) is 79.1 cm³/mol. The summed E-state index contributed by atoms with van der Waals surface area (Å²) < 4.78 is 5.11. The number of aromatic hydroxyl groups is 1. The summed E-state index contributed by atoms with van der Waals surface area (Å²) >= 11 is 0. The standard InChI is InChI=1S/C16H19NO3/c1-11(13-5-8-15(19)16(9-13)20-2)17-14-6-3-12(10-18)4-7-14/h3-9,11,17-19H,10H2,1-2H3. The van der Waals surface area contributed by atoms with Gasteiger partial charge in [0.15, 0.2) is 11.5 Å². The molecule has 0 aliphatic carbocycles. The molecule has 2 aromatic carbocycles. The fraction of sp³-hybridized carbons (Fsp3) is 0.250. The average Bonchev–Trinajstić information content (AvgIpc) is 2.48. The van der Waals surface area contributed by atoms with Crippen LogP contribution in [0.5, 0.6) is 11.5 Å². The highest BCUT2D eigenvalue weighted by Gasteiger charge is 2.09. The number of aliphatic hydroxyl groups is 1. The number of phenols is 1. The molecule has 0 saturated carbocycles. The SMILES string of the molecule is COc1cc(C(C)Nc2ccc(CO)cc2)ccc1O. The van der Waals surface area contributed by atoms with Crippen molar-refractivity contribution >= 4 is 5.69 Å². The molecule has 0 saturated heterocycles. The molecule has 0 spiro atoms. The van der Waals surface area contributed by atoms with E-state index in [4.69, 9.17) is 9.84 Å². The third-order valence-corrected chi connectivity index (χ3v) is 3.22. The van der Waals surface area contributed by atoms with Gasteiger partial charge in [-0.25, -0.2) is 0 Å². The van der Waals surface area contributed by atoms with Gasteiger partial charge < -0.3 is 20.3 Å². The van der Waals surface area contributed by atoms with Crippen molar-refractivity contribution in [2.45, 2.75) is 19.6 Å². The fourth-order valence-electron chi connectivity index (χ4n) is 2.00. The van der Waals surface area contributed by atoms with Crippen LogP contribution in [0.4, 0.5) is 5.69 Å². The van der Waals surface area contributed by atoms with E-state index in [-0.39, 0.29) is 18.4 Å². The molecule has 2 aromatic rings. The molecule has 20 heavy (non-hydrogen) atoms. The van der Waals surface area contributed by atoms with Crippen molar-refractivity contribution < 1.29 is 14.9 Å². The zero-order valence-corrected chi connectivity index (χ0v) is 11.6. The van der Waals surface area contributed by atoms with Gasteiger partial charge in [-0.05, 0) is 42.3 Å². The Morgan fingerprint density at radius 2 is 1.85 bits per heavy atom. The van der Waals surface area contributed by atoms with Crippen molar-refractivity contribution in [2.24, 2.45) is 0 Å². The van der Waals surface area contributed by atoms with E-state index in [1.165, 1.54) is 7.11 Å². The molecule has 0 amide bonds. The van der Waals surface area contributed by atoms with Gasteiger partial charge in [0.2, 0.25) is 0 Å². The van der Waals surface area contributed by atoms with Crippen LogP contribution >= 0.6 is 0 Å². The largest absolute Gasteiger partial charge is 0.504 e. The molecule has 4 nitrogen and oxygen atoms in total. The zero-order chi connectivity index (χ0) is 14.5. The van der Waals surface area contributed by atoms with E-state index in [2.05, 4.69) is 5.32 Å². The van der Waals surface area contributed by atoms with Crippen molar-refractivity contribution in [1.82, 2.24) is 0 Å². The molecular weight excluding hydrogens is 254 g/mol. The van der Waals surface area contributed by atoms with Crippen LogP contribution in [-0.4, -0.2) is 17.3 Å². The number of anilines is 1. The van der Waals surface area contributed by atoms with E-state index in [0.29, 0.717) is 5.75 Å². The van der Waals surface area contributed by atoms with Crippen molar-refractivity contribution in [1.29, 1.82) is 0 Å². The third kappa shape index (κ3) is 3.22. The molecule has 3 N–H and O–H groups in total. The number of ether oxygens (including phenoxy) is 1. The Bertz CT molecular complexity index is 566. The maximum Gasteiger partial charge on any atom is 0.160 e. The molecule has 0 bridgehead atoms. The molecule has 0 aliphatic heterocycles. The molecular formula is C16H19NO3. The Morgan fingerprint density at radius 1 is 1.15 bits per heavy atom. The van der Waals surface area contributed by atoms with E-state index in [0.717, 1.165) is 16.8 Å². The lowest BCUT2D eigenvalue weighted by Crippen LogP contribution is -2.06. The van der Waals surface area contributed by atoms with Crippen molar-refractivity contribution in [2.75, 3.05) is 12.4 Å². The number of benzene rings is 2. The smallest absolute Gasteiger partial charge is 0.160 e. The molecule has 4 heteroatoms. The molecule has 1 unspecified atom stereocenters. The van der Waals surface area contributed by atoms with Gasteiger partial charge in [0.05, 0.1) is 13.7 Å². The third-order valence-electron chi connectivity index (χ3n) is 3.22. The first kappa shape index (κ1) is 14.2. The number of aliphatic hydroxyl groups excluding tert-OH is 1. The Balaban J connectivity index is 2.12. The summed E-state index contributed by atoms with van der Waals surface area (Å²) in [7, 11) is 1.53. The minimum Gasteiger partial charge on any atom is -0.504 e. The Morgan fingerprint density at radius 3 is 2.45 bits per heavy atom. The van der Waals surface area contributed by atoms with Gasteiger partial charge in [0, 0.05) is 11.7 Å². The molecule has 0 aliphatic rings. The summed E-state index contributed by atoms with van der Waals surface area (Å²) in [6.07, 6.45) is 0. The van der Waals surface area contributed by atoms with E-state index in [1.54, 1.807) is 6.07 Å². The average molecular weight is 273 g/mol. The number of methoxy groups -OCH3 is 1. The number of hydrogen-bond acceptors (Lipinski definition) is 4. The first-order chi connectivity index (χ1) is 9.63. The predicted octanol–water partition coefficient (Wildman–Crippen LogP) is 3.07. The number of hydrogen-bond donors (Lipinski definition) is 3. The van der Waals surface area contributed by atoms with Crippen LogP contribution in [0.15, 0.2) is 42.5 Å². The van der Waals surface area contributed by atoms with E-state index < -0.39 is 0 Å². The summed E-state index contributed by atoms with van der Waals surface area (Å²) in [5.41, 5.74) is 2.88. The summed E-state index contributed by atoms with van der Waals surface area (Å²) in [4.78, 5) is 0. The Kier molecular flexibility index (Phi) is 4.48. The summed E-state index contributed by atoms with van der Waals surface area (Å²) in [5, 5.41) is 22.0. The second-order valence-electron chi connectivity index (χ2n) is 4.65. The maximum atomic E-state index is 9.60. The highest BCUT2D eigenvalue weighted by molar-refractivity contribution is 5.49. The van der Waals surface area contributed by atoms with Gasteiger partial charge in [-0.2, -0.15) is 0 Å². The van der Waals surface area contributed by atoms with Crippen LogP contribution in [0.1, 0.15) is 24.1 Å². The van der Waals surface area contributed by atoms with Crippen LogP contribution < -0.4 is 10.1 Å². The number of rotatable bonds is 5. The Labute approximate surface area is 118 Å². The summed E-state index contributed by atoms with van der Waals surface area (Å²) in [6.45, 7) is 2.08. The molecule has 1 atom stereocenters. The number of nitrogens with one attached hydrogen (secondary N) is 1. The zero-order valence-electron chi connectivity index (χ0n) is 11.6. The fourth-order valence-corrected chi connectivity index (χ4v) is 2.00. The van der Waals surface area contributed by atoms with E-state index >= 15 is 0 Å². The van der Waals surface area contributed by atoms with Gasteiger partial charge in [-0.1, -0.05) is 18.2 Å². The van der Waals surface area contributed by atoms with Gasteiger partial charge in [0.1, 0.15) is 0 Å². The van der Waals surface area contributed by atoms with Crippen molar-refractivity contribution in [3.05, 3.63) is 53.6 Å². The van der Waals surface area contributed by atoms with Gasteiger partial charge in [0.25, 0.3) is 0 Å². The molecule has 0 radical (unpaired) electrons. The van der Waals surface area contributed by atoms with Crippen LogP contribution in [-0.2, 0) is 6.61 Å². The maximum absolute atomic E-state index is 9.60. The minimum absolute atomic E-state index is 0.0466. The topological polar surface area (TPSA) is 61.7 Å². The second kappa shape index (κ2) is 6.30. The van der Waals surface area contributed by atoms with E-state index in [9.17, 15) is 5.11 Å². The molecule has 106 valence electrons. The molecule has 0 heterocycles. The minimum atomic E-state index is 0.0466. The first-order valence-corrected chi connectivity index (χ1v) is 6.47. The highest BCUT2D eigenvalue weighted by Crippen LogP contribution is 2.30. The van der Waals surface area contributed by atoms with Gasteiger partial charge in [-0.15, -0.1) is 0 Å². The first-order valence-electron chi connectivity index (χ1n) is 6.47. The van der Waals surface area contributed by atoms with Gasteiger partial charge in [-0.3, -0.25) is 0 Å². The summed E-state index contributed by atoms with van der Waals surface area (Å²) in [6, 6.07) is 13.0. The van der Waals surface area contributed by atoms with Crippen LogP contribution in [0, 0.1) is 0 Å². The normalized spacial score (nSPS) is 11.9. The highest BCUT2D eigenvalue weighted by atomic mass is 16.5. The van der Waals surface area contributed by atoms with Crippen molar-refractivity contribution in [3.8, 4) is 11.5 Å². The molecule has 0 fully saturated rings. The Hall–Kier alpha value is -2.20. The van der Waals surface area contributed by atoms with E-state index in [1.807, 2.05) is 43.3 Å². The molecule has 0 aromatic heterocycles. The summed E-state index contributed by atoms with van der Waals surface area (Å²) in [5.74, 6) is 0.600. The second-order valence-corrected chi connectivity index (χ2v) is 4.65. The lowest BCUT2D eigenvalue weighted by molar-refractivity contribution is 0.282. The quantitative estimate of drug-likeness (QED) is 0.783. The monoisotopic (exact) mass is 273 g/mol. The van der Waals surface area contributed by atoms with Crippen LogP contribution in [0.25, 0.3) is 0 Å². The lowest BCUT2D eigenvalue weighted by Gasteiger charge is -2.17. The van der Waals surface area contributed by atoms with Crippen molar-refractivity contribution in [3.63, 3.8) is 0 Å². The molecule has 2 rings (SSSR count). The number of phenolic OH excluding ortho intramolecular Hbond substituents is 1. The van der Waals surface area contributed by atoms with Crippen LogP contribution in [0.3, 0.4) is 0 Å². The van der Waals surface area contributed by atoms with Gasteiger partial charge >= 0.3 is 0 Å².